The van der Waals surface area contributed by atoms with Crippen molar-refractivity contribution in [1.82, 2.24) is 19.4 Å². The Morgan fingerprint density at radius 2 is 1.62 bits per heavy atom. The van der Waals surface area contributed by atoms with Gasteiger partial charge >= 0.3 is 0 Å². The molecule has 0 bridgehead atoms. The maximum atomic E-state index is 5.41. The van der Waals surface area contributed by atoms with Crippen molar-refractivity contribution in [3.05, 3.63) is 42.2 Å². The van der Waals surface area contributed by atoms with Crippen molar-refractivity contribution in [2.45, 2.75) is 51.7 Å². The highest BCUT2D eigenvalue weighted by Crippen LogP contribution is 2.33. The van der Waals surface area contributed by atoms with Crippen molar-refractivity contribution in [2.24, 2.45) is 7.05 Å². The van der Waals surface area contributed by atoms with Gasteiger partial charge in [-0.2, -0.15) is 0 Å². The molecule has 0 unspecified atom stereocenters. The number of piperazine rings is 1. The van der Waals surface area contributed by atoms with E-state index in [0.717, 1.165) is 82.4 Å². The first-order valence-electron chi connectivity index (χ1n) is 14.1. The molecule has 198 valence electrons. The Kier molecular flexibility index (Phi) is 6.86. The number of rotatable bonds is 6. The molecule has 3 fully saturated rings. The van der Waals surface area contributed by atoms with E-state index in [4.69, 9.17) is 9.72 Å². The van der Waals surface area contributed by atoms with Gasteiger partial charge in [0.1, 0.15) is 11.3 Å². The van der Waals surface area contributed by atoms with E-state index < -0.39 is 0 Å². The first-order valence-corrected chi connectivity index (χ1v) is 14.1. The standard InChI is InChI=1S/C30H42N6O/c1-21(2)34-13-15-36(16-14-34)26-7-5-23(6-8-26)24-17-28(30-29(18-24)33(4)22(3)31-30)32-25-9-11-35(12-10-25)27-19-37-20-27/h5-8,17-18,21,25,27,32H,9-16,19-20H2,1-4H3. The lowest BCUT2D eigenvalue weighted by Gasteiger charge is -2.41. The molecule has 7 nitrogen and oxygen atoms in total. The number of likely N-dealkylation sites (tertiary alicyclic amines) is 1. The second-order valence-electron chi connectivity index (χ2n) is 11.4. The van der Waals surface area contributed by atoms with Crippen molar-refractivity contribution in [1.29, 1.82) is 0 Å². The molecule has 3 aliphatic heterocycles. The van der Waals surface area contributed by atoms with Crippen LogP contribution in [0, 0.1) is 6.92 Å². The van der Waals surface area contributed by atoms with Crippen LogP contribution in [-0.2, 0) is 11.8 Å². The van der Waals surface area contributed by atoms with Gasteiger partial charge in [0.25, 0.3) is 0 Å². The molecule has 6 rings (SSSR count). The van der Waals surface area contributed by atoms with Crippen molar-refractivity contribution in [2.75, 3.05) is 62.7 Å². The summed E-state index contributed by atoms with van der Waals surface area (Å²) in [4.78, 5) is 12.6. The molecule has 0 radical (unpaired) electrons. The third-order valence-electron chi connectivity index (χ3n) is 8.85. The molecule has 2 aromatic carbocycles. The van der Waals surface area contributed by atoms with E-state index in [0.29, 0.717) is 18.1 Å². The second kappa shape index (κ2) is 10.3. The third kappa shape index (κ3) is 4.97. The molecule has 0 spiro atoms. The molecule has 0 atom stereocenters. The number of imidazole rings is 1. The fourth-order valence-corrected chi connectivity index (χ4v) is 6.10. The highest BCUT2D eigenvalue weighted by molar-refractivity contribution is 5.94. The largest absolute Gasteiger partial charge is 0.380 e. The normalized spacial score (nSPS) is 20.6. The molecule has 0 amide bonds. The van der Waals surface area contributed by atoms with Gasteiger partial charge in [0, 0.05) is 64.1 Å². The zero-order valence-electron chi connectivity index (χ0n) is 22.9. The van der Waals surface area contributed by atoms with Crippen molar-refractivity contribution < 1.29 is 4.74 Å². The zero-order valence-corrected chi connectivity index (χ0v) is 22.9. The Bertz CT molecular complexity index is 1220. The van der Waals surface area contributed by atoms with E-state index in [1.54, 1.807) is 0 Å². The smallest absolute Gasteiger partial charge is 0.112 e. The van der Waals surface area contributed by atoms with Gasteiger partial charge in [0.05, 0.1) is 30.5 Å². The second-order valence-corrected chi connectivity index (χ2v) is 11.4. The van der Waals surface area contributed by atoms with Crippen LogP contribution in [0.5, 0.6) is 0 Å². The van der Waals surface area contributed by atoms with Gasteiger partial charge in [-0.05, 0) is 69.0 Å². The SMILES string of the molecule is Cc1nc2c(NC3CCN(C4COC4)CC3)cc(-c3ccc(N4CCN(C(C)C)CC4)cc3)cc2n1C. The van der Waals surface area contributed by atoms with Crippen LogP contribution in [0.4, 0.5) is 11.4 Å². The summed E-state index contributed by atoms with van der Waals surface area (Å²) in [6, 6.07) is 15.5. The lowest BCUT2D eigenvalue weighted by atomic mass is 10.00. The van der Waals surface area contributed by atoms with E-state index in [1.165, 1.54) is 22.3 Å². The predicted octanol–water partition coefficient (Wildman–Crippen LogP) is 4.35. The molecule has 1 aromatic heterocycles. The molecular formula is C30H42N6O. The Balaban J connectivity index is 1.21. The van der Waals surface area contributed by atoms with Gasteiger partial charge < -0.3 is 19.5 Å². The number of aryl methyl sites for hydroxylation is 2. The minimum absolute atomic E-state index is 0.477. The third-order valence-corrected chi connectivity index (χ3v) is 8.85. The van der Waals surface area contributed by atoms with Crippen LogP contribution in [-0.4, -0.2) is 90.0 Å². The molecule has 3 aromatic rings. The lowest BCUT2D eigenvalue weighted by Crippen LogP contribution is -2.53. The molecule has 0 aliphatic carbocycles. The number of hydrogen-bond donors (Lipinski definition) is 1. The highest BCUT2D eigenvalue weighted by atomic mass is 16.5. The predicted molar refractivity (Wildman–Crippen MR) is 153 cm³/mol. The maximum Gasteiger partial charge on any atom is 0.112 e. The number of fused-ring (bicyclic) bond motifs is 1. The lowest BCUT2D eigenvalue weighted by molar-refractivity contribution is -0.0705. The van der Waals surface area contributed by atoms with Gasteiger partial charge in [-0.15, -0.1) is 0 Å². The van der Waals surface area contributed by atoms with Gasteiger partial charge in [-0.3, -0.25) is 9.80 Å². The Hall–Kier alpha value is -2.61. The van der Waals surface area contributed by atoms with Crippen LogP contribution in [0.15, 0.2) is 36.4 Å². The van der Waals surface area contributed by atoms with Gasteiger partial charge in [-0.1, -0.05) is 12.1 Å². The van der Waals surface area contributed by atoms with Crippen molar-refractivity contribution >= 4 is 22.4 Å². The van der Waals surface area contributed by atoms with Crippen molar-refractivity contribution in [3.8, 4) is 11.1 Å². The average molecular weight is 503 g/mol. The minimum Gasteiger partial charge on any atom is -0.380 e. The van der Waals surface area contributed by atoms with Crippen LogP contribution >= 0.6 is 0 Å². The number of aromatic nitrogens is 2. The number of piperidine rings is 1. The average Bonchev–Trinajstić information content (AvgIpc) is 3.18. The summed E-state index contributed by atoms with van der Waals surface area (Å²) in [5.74, 6) is 1.05. The first kappa shape index (κ1) is 24.7. The number of nitrogens with one attached hydrogen (secondary N) is 1. The summed E-state index contributed by atoms with van der Waals surface area (Å²) in [6.07, 6.45) is 2.32. The van der Waals surface area contributed by atoms with Crippen LogP contribution in [0.3, 0.4) is 0 Å². The molecular weight excluding hydrogens is 460 g/mol. The fourth-order valence-electron chi connectivity index (χ4n) is 6.10. The summed E-state index contributed by atoms with van der Waals surface area (Å²) in [6.45, 7) is 15.2. The highest BCUT2D eigenvalue weighted by Gasteiger charge is 2.30. The van der Waals surface area contributed by atoms with E-state index in [-0.39, 0.29) is 0 Å². The molecule has 7 heteroatoms. The Labute approximate surface area is 221 Å². The first-order chi connectivity index (χ1) is 18.0. The summed E-state index contributed by atoms with van der Waals surface area (Å²) in [5.41, 5.74) is 7.27. The summed E-state index contributed by atoms with van der Waals surface area (Å²) < 4.78 is 7.62. The summed E-state index contributed by atoms with van der Waals surface area (Å²) in [5, 5.41) is 3.90. The van der Waals surface area contributed by atoms with Gasteiger partial charge in [0.15, 0.2) is 0 Å². The molecule has 0 saturated carbocycles. The summed E-state index contributed by atoms with van der Waals surface area (Å²) in [7, 11) is 2.12. The number of benzene rings is 2. The van der Waals surface area contributed by atoms with Crippen LogP contribution in [0.2, 0.25) is 0 Å². The fraction of sp³-hybridized carbons (Fsp3) is 0.567. The quantitative estimate of drug-likeness (QED) is 0.541. The molecule has 4 heterocycles. The van der Waals surface area contributed by atoms with Gasteiger partial charge in [-0.25, -0.2) is 4.98 Å². The van der Waals surface area contributed by atoms with E-state index >= 15 is 0 Å². The van der Waals surface area contributed by atoms with Gasteiger partial charge in [0.2, 0.25) is 0 Å². The topological polar surface area (TPSA) is 48.8 Å². The Morgan fingerprint density at radius 1 is 0.919 bits per heavy atom. The molecule has 3 aliphatic rings. The Morgan fingerprint density at radius 3 is 2.24 bits per heavy atom. The molecule has 3 saturated heterocycles. The number of nitrogens with zero attached hydrogens (tertiary/aromatic N) is 5. The maximum absolute atomic E-state index is 5.41. The summed E-state index contributed by atoms with van der Waals surface area (Å²) >= 11 is 0. The van der Waals surface area contributed by atoms with Crippen LogP contribution < -0.4 is 10.2 Å². The zero-order chi connectivity index (χ0) is 25.5. The van der Waals surface area contributed by atoms with E-state index in [9.17, 15) is 0 Å². The van der Waals surface area contributed by atoms with Crippen LogP contribution in [0.1, 0.15) is 32.5 Å². The monoisotopic (exact) mass is 502 g/mol. The number of hydrogen-bond acceptors (Lipinski definition) is 6. The van der Waals surface area contributed by atoms with Crippen LogP contribution in [0.25, 0.3) is 22.2 Å². The minimum atomic E-state index is 0.477. The molecule has 37 heavy (non-hydrogen) atoms. The number of ether oxygens (including phenoxy) is 1. The van der Waals surface area contributed by atoms with Crippen molar-refractivity contribution in [3.63, 3.8) is 0 Å². The van der Waals surface area contributed by atoms with E-state index in [1.807, 2.05) is 0 Å². The molecule has 1 N–H and O–H groups in total. The number of anilines is 2. The van der Waals surface area contributed by atoms with E-state index in [2.05, 4.69) is 88.8 Å².